The van der Waals surface area contributed by atoms with Crippen LogP contribution in [0.15, 0.2) is 0 Å². The molecule has 3 aliphatic rings. The molecule has 2 aliphatic heterocycles. The van der Waals surface area contributed by atoms with Crippen molar-refractivity contribution in [1.29, 1.82) is 0 Å². The van der Waals surface area contributed by atoms with E-state index in [0.717, 1.165) is 24.0 Å². The minimum absolute atomic E-state index is 0.859. The molecule has 2 saturated heterocycles. The number of nitrogens with one attached hydrogen (secondary N) is 1. The van der Waals surface area contributed by atoms with E-state index in [1.807, 2.05) is 0 Å². The summed E-state index contributed by atoms with van der Waals surface area (Å²) in [6.45, 7) is 1.30. The molecule has 3 rings (SSSR count). The van der Waals surface area contributed by atoms with Crippen LogP contribution in [0.25, 0.3) is 0 Å². The fraction of sp³-hybridized carbons (Fsp3) is 1.00. The Kier molecular flexibility index (Phi) is 3.21. The van der Waals surface area contributed by atoms with Gasteiger partial charge in [0.2, 0.25) is 0 Å². The van der Waals surface area contributed by atoms with Gasteiger partial charge in [0.15, 0.2) is 0 Å². The van der Waals surface area contributed by atoms with E-state index in [4.69, 9.17) is 0 Å². The third kappa shape index (κ3) is 2.14. The van der Waals surface area contributed by atoms with E-state index >= 15 is 0 Å². The minimum Gasteiger partial charge on any atom is -0.314 e. The predicted octanol–water partition coefficient (Wildman–Crippen LogP) is 2.39. The Morgan fingerprint density at radius 2 is 1.62 bits per heavy atom. The van der Waals surface area contributed by atoms with Gasteiger partial charge in [-0.05, 0) is 58.0 Å². The summed E-state index contributed by atoms with van der Waals surface area (Å²) in [4.78, 5) is 2.64. The number of hydrogen-bond acceptors (Lipinski definition) is 2. The third-order valence-corrected chi connectivity index (χ3v) is 5.25. The van der Waals surface area contributed by atoms with E-state index in [1.54, 1.807) is 0 Å². The molecular formula is C14H26N2. The maximum absolute atomic E-state index is 3.82. The number of piperidine rings is 1. The van der Waals surface area contributed by atoms with Crippen molar-refractivity contribution in [2.75, 3.05) is 13.6 Å². The molecule has 3 fully saturated rings. The summed E-state index contributed by atoms with van der Waals surface area (Å²) in [7, 11) is 2.34. The standard InChI is InChI=1S/C14H26N2/c1-16-13-6-7-14(16)9-11(8-13)10-15-12-4-2-3-5-12/h11-15H,2-10H2,1H3. The quantitative estimate of drug-likeness (QED) is 0.789. The molecule has 2 heterocycles. The van der Waals surface area contributed by atoms with Crippen LogP contribution in [0.1, 0.15) is 51.4 Å². The summed E-state index contributed by atoms with van der Waals surface area (Å²) in [6.07, 6.45) is 11.6. The zero-order valence-corrected chi connectivity index (χ0v) is 10.6. The van der Waals surface area contributed by atoms with Gasteiger partial charge < -0.3 is 10.2 Å². The van der Waals surface area contributed by atoms with Crippen molar-refractivity contribution in [3.63, 3.8) is 0 Å². The van der Waals surface area contributed by atoms with Crippen molar-refractivity contribution < 1.29 is 0 Å². The second kappa shape index (κ2) is 4.66. The maximum Gasteiger partial charge on any atom is 0.00988 e. The molecule has 0 spiro atoms. The van der Waals surface area contributed by atoms with E-state index in [1.165, 1.54) is 57.9 Å². The van der Waals surface area contributed by atoms with Crippen molar-refractivity contribution >= 4 is 0 Å². The molecule has 1 aliphatic carbocycles. The average molecular weight is 222 g/mol. The zero-order valence-electron chi connectivity index (χ0n) is 10.6. The van der Waals surface area contributed by atoms with Crippen LogP contribution in [0.2, 0.25) is 0 Å². The molecule has 0 amide bonds. The zero-order chi connectivity index (χ0) is 11.0. The summed E-state index contributed by atoms with van der Waals surface area (Å²) in [5.74, 6) is 0.967. The first-order chi connectivity index (χ1) is 7.83. The second-order valence-corrected chi connectivity index (χ2v) is 6.28. The lowest BCUT2D eigenvalue weighted by Crippen LogP contribution is -2.43. The topological polar surface area (TPSA) is 15.3 Å². The van der Waals surface area contributed by atoms with Crippen LogP contribution in [0, 0.1) is 5.92 Å². The van der Waals surface area contributed by atoms with Crippen LogP contribution in [-0.2, 0) is 0 Å². The van der Waals surface area contributed by atoms with Crippen molar-refractivity contribution in [2.24, 2.45) is 5.92 Å². The summed E-state index contributed by atoms with van der Waals surface area (Å²) < 4.78 is 0. The highest BCUT2D eigenvalue weighted by Crippen LogP contribution is 2.37. The molecule has 2 unspecified atom stereocenters. The predicted molar refractivity (Wildman–Crippen MR) is 67.6 cm³/mol. The van der Waals surface area contributed by atoms with E-state index in [0.29, 0.717) is 0 Å². The van der Waals surface area contributed by atoms with Crippen LogP contribution >= 0.6 is 0 Å². The lowest BCUT2D eigenvalue weighted by Gasteiger charge is -2.36. The Bertz CT molecular complexity index is 221. The highest BCUT2D eigenvalue weighted by atomic mass is 15.2. The molecule has 0 aromatic rings. The van der Waals surface area contributed by atoms with Crippen LogP contribution in [-0.4, -0.2) is 36.6 Å². The molecule has 1 N–H and O–H groups in total. The van der Waals surface area contributed by atoms with Gasteiger partial charge in [0.1, 0.15) is 0 Å². The lowest BCUT2D eigenvalue weighted by molar-refractivity contribution is 0.131. The van der Waals surface area contributed by atoms with E-state index in [-0.39, 0.29) is 0 Å². The molecule has 2 nitrogen and oxygen atoms in total. The van der Waals surface area contributed by atoms with Crippen molar-refractivity contribution in [1.82, 2.24) is 10.2 Å². The van der Waals surface area contributed by atoms with Crippen LogP contribution in [0.4, 0.5) is 0 Å². The molecule has 1 saturated carbocycles. The maximum atomic E-state index is 3.82. The highest BCUT2D eigenvalue weighted by molar-refractivity contribution is 4.94. The van der Waals surface area contributed by atoms with E-state index in [2.05, 4.69) is 17.3 Å². The van der Waals surface area contributed by atoms with Gasteiger partial charge in [0, 0.05) is 18.1 Å². The van der Waals surface area contributed by atoms with Gasteiger partial charge in [-0.3, -0.25) is 0 Å². The molecule has 0 radical (unpaired) electrons. The minimum atomic E-state index is 0.859. The van der Waals surface area contributed by atoms with E-state index < -0.39 is 0 Å². The Labute approximate surface area is 99.8 Å². The third-order valence-electron chi connectivity index (χ3n) is 5.25. The van der Waals surface area contributed by atoms with Crippen molar-refractivity contribution in [3.8, 4) is 0 Å². The molecule has 2 bridgehead atoms. The smallest absolute Gasteiger partial charge is 0.00988 e. The van der Waals surface area contributed by atoms with Crippen molar-refractivity contribution in [2.45, 2.75) is 69.5 Å². The largest absolute Gasteiger partial charge is 0.314 e. The van der Waals surface area contributed by atoms with Gasteiger partial charge >= 0.3 is 0 Å². The highest BCUT2D eigenvalue weighted by Gasteiger charge is 2.38. The average Bonchev–Trinajstić information content (AvgIpc) is 2.84. The fourth-order valence-corrected chi connectivity index (χ4v) is 4.15. The van der Waals surface area contributed by atoms with Gasteiger partial charge in [-0.15, -0.1) is 0 Å². The monoisotopic (exact) mass is 222 g/mol. The molecule has 92 valence electrons. The molecular weight excluding hydrogens is 196 g/mol. The number of rotatable bonds is 3. The first kappa shape index (κ1) is 11.0. The number of fused-ring (bicyclic) bond motifs is 2. The second-order valence-electron chi connectivity index (χ2n) is 6.28. The molecule has 2 heteroatoms. The molecule has 2 atom stereocenters. The first-order valence-corrected chi connectivity index (χ1v) is 7.28. The van der Waals surface area contributed by atoms with Gasteiger partial charge in [0.25, 0.3) is 0 Å². The van der Waals surface area contributed by atoms with E-state index in [9.17, 15) is 0 Å². The summed E-state index contributed by atoms with van der Waals surface area (Å²) in [5.41, 5.74) is 0. The summed E-state index contributed by atoms with van der Waals surface area (Å²) in [6, 6.07) is 2.68. The normalized spacial score (nSPS) is 40.7. The fourth-order valence-electron chi connectivity index (χ4n) is 4.15. The Balaban J connectivity index is 1.46. The lowest BCUT2D eigenvalue weighted by atomic mass is 9.91. The Morgan fingerprint density at radius 3 is 2.25 bits per heavy atom. The van der Waals surface area contributed by atoms with Crippen LogP contribution < -0.4 is 5.32 Å². The van der Waals surface area contributed by atoms with Gasteiger partial charge in [0.05, 0.1) is 0 Å². The molecule has 16 heavy (non-hydrogen) atoms. The molecule has 0 aromatic heterocycles. The summed E-state index contributed by atoms with van der Waals surface area (Å²) in [5, 5.41) is 3.82. The van der Waals surface area contributed by atoms with Crippen LogP contribution in [0.3, 0.4) is 0 Å². The Morgan fingerprint density at radius 1 is 1.00 bits per heavy atom. The van der Waals surface area contributed by atoms with Gasteiger partial charge in [-0.25, -0.2) is 0 Å². The molecule has 0 aromatic carbocycles. The number of hydrogen-bond donors (Lipinski definition) is 1. The number of nitrogens with zero attached hydrogens (tertiary/aromatic N) is 1. The first-order valence-electron chi connectivity index (χ1n) is 7.28. The van der Waals surface area contributed by atoms with Crippen LogP contribution in [0.5, 0.6) is 0 Å². The van der Waals surface area contributed by atoms with Crippen molar-refractivity contribution in [3.05, 3.63) is 0 Å². The Hall–Kier alpha value is -0.0800. The van der Waals surface area contributed by atoms with Gasteiger partial charge in [-0.2, -0.15) is 0 Å². The van der Waals surface area contributed by atoms with Gasteiger partial charge in [-0.1, -0.05) is 12.8 Å². The SMILES string of the molecule is CN1C2CCC1CC(CNC1CCCC1)C2. The summed E-state index contributed by atoms with van der Waals surface area (Å²) >= 11 is 0.